The maximum Gasteiger partial charge on any atom is 0.269 e. The number of thioether (sulfide) groups is 1. The van der Waals surface area contributed by atoms with E-state index < -0.39 is 14.8 Å². The van der Waals surface area contributed by atoms with Crippen molar-refractivity contribution in [2.24, 2.45) is 0 Å². The van der Waals surface area contributed by atoms with Gasteiger partial charge in [-0.3, -0.25) is 10.1 Å². The zero-order valence-corrected chi connectivity index (χ0v) is 13.5. The molecule has 0 bridgehead atoms. The second kappa shape index (κ2) is 6.71. The van der Waals surface area contributed by atoms with Gasteiger partial charge in [-0.1, -0.05) is 36.1 Å². The number of hydrogen-bond acceptors (Lipinski definition) is 6. The normalized spacial score (nSPS) is 20.1. The fraction of sp³-hybridized carbons (Fsp3) is 0.417. The number of nitrogens with one attached hydrogen (secondary N) is 1. The molecule has 1 saturated heterocycles. The van der Waals surface area contributed by atoms with Crippen LogP contribution < -0.4 is 5.32 Å². The minimum Gasteiger partial charge on any atom is -0.367 e. The Bertz CT molecular complexity index is 643. The third kappa shape index (κ3) is 4.94. The molecule has 114 valence electrons. The van der Waals surface area contributed by atoms with Gasteiger partial charge in [0.1, 0.15) is 4.32 Å². The number of thiocarbonyl (C=S) groups is 1. The van der Waals surface area contributed by atoms with Crippen LogP contribution in [0.15, 0.2) is 24.3 Å². The molecular weight excluding hydrogens is 332 g/mol. The van der Waals surface area contributed by atoms with E-state index in [4.69, 9.17) is 12.2 Å². The van der Waals surface area contributed by atoms with E-state index in [2.05, 4.69) is 5.32 Å². The van der Waals surface area contributed by atoms with Gasteiger partial charge in [0, 0.05) is 23.9 Å². The molecule has 1 aromatic rings. The predicted octanol–water partition coefficient (Wildman–Crippen LogP) is 1.89. The summed E-state index contributed by atoms with van der Waals surface area (Å²) in [7, 11) is -2.92. The number of sulfone groups is 1. The Morgan fingerprint density at radius 3 is 2.62 bits per heavy atom. The molecule has 1 atom stereocenters. The SMILES string of the molecule is O=[N+]([O-])c1ccc(CSC(=S)N[C@H]2CCS(=O)(=O)C2)cc1. The highest BCUT2D eigenvalue weighted by atomic mass is 32.2. The van der Waals surface area contributed by atoms with E-state index in [1.807, 2.05) is 0 Å². The summed E-state index contributed by atoms with van der Waals surface area (Å²) in [6.45, 7) is 0. The summed E-state index contributed by atoms with van der Waals surface area (Å²) in [5.41, 5.74) is 0.981. The lowest BCUT2D eigenvalue weighted by Crippen LogP contribution is -2.32. The van der Waals surface area contributed by atoms with Crippen LogP contribution in [0.5, 0.6) is 0 Å². The van der Waals surface area contributed by atoms with Crippen LogP contribution >= 0.6 is 24.0 Å². The summed E-state index contributed by atoms with van der Waals surface area (Å²) < 4.78 is 23.2. The molecule has 0 spiro atoms. The van der Waals surface area contributed by atoms with Gasteiger partial charge in [0.15, 0.2) is 9.84 Å². The smallest absolute Gasteiger partial charge is 0.269 e. The van der Waals surface area contributed by atoms with Crippen molar-refractivity contribution in [3.05, 3.63) is 39.9 Å². The summed E-state index contributed by atoms with van der Waals surface area (Å²) in [4.78, 5) is 10.1. The van der Waals surface area contributed by atoms with Crippen LogP contribution in [0.4, 0.5) is 5.69 Å². The Balaban J connectivity index is 1.80. The van der Waals surface area contributed by atoms with Crippen molar-refractivity contribution in [2.75, 3.05) is 11.5 Å². The number of nitrogens with zero attached hydrogens (tertiary/aromatic N) is 1. The number of rotatable bonds is 4. The predicted molar refractivity (Wildman–Crippen MR) is 87.2 cm³/mol. The maximum absolute atomic E-state index is 11.3. The molecule has 9 heteroatoms. The van der Waals surface area contributed by atoms with Gasteiger partial charge in [-0.05, 0) is 12.0 Å². The quantitative estimate of drug-likeness (QED) is 0.506. The lowest BCUT2D eigenvalue weighted by molar-refractivity contribution is -0.384. The second-order valence-corrected chi connectivity index (χ2v) is 8.62. The van der Waals surface area contributed by atoms with Crippen LogP contribution in [0.1, 0.15) is 12.0 Å². The number of hydrogen-bond donors (Lipinski definition) is 1. The van der Waals surface area contributed by atoms with Crippen molar-refractivity contribution >= 4 is 43.8 Å². The summed E-state index contributed by atoms with van der Waals surface area (Å²) in [6.07, 6.45) is 0.584. The van der Waals surface area contributed by atoms with Gasteiger partial charge in [-0.2, -0.15) is 0 Å². The van der Waals surface area contributed by atoms with Crippen LogP contribution in [0.3, 0.4) is 0 Å². The number of non-ortho nitro benzene ring substituents is 1. The molecule has 0 saturated carbocycles. The average molecular weight is 346 g/mol. The molecule has 1 heterocycles. The van der Waals surface area contributed by atoms with E-state index in [1.165, 1.54) is 23.9 Å². The highest BCUT2D eigenvalue weighted by molar-refractivity contribution is 8.22. The second-order valence-electron chi connectivity index (χ2n) is 4.74. The third-order valence-corrected chi connectivity index (χ3v) is 6.17. The molecule has 0 amide bonds. The zero-order chi connectivity index (χ0) is 15.5. The summed E-state index contributed by atoms with van der Waals surface area (Å²) in [5, 5.41) is 13.6. The number of nitro benzene ring substituents is 1. The molecule has 0 aliphatic carbocycles. The largest absolute Gasteiger partial charge is 0.367 e. The van der Waals surface area contributed by atoms with Gasteiger partial charge in [0.2, 0.25) is 0 Å². The van der Waals surface area contributed by atoms with Crippen molar-refractivity contribution in [3.8, 4) is 0 Å². The highest BCUT2D eigenvalue weighted by Crippen LogP contribution is 2.18. The van der Waals surface area contributed by atoms with Crippen LogP contribution in [0.25, 0.3) is 0 Å². The number of nitro groups is 1. The Kier molecular flexibility index (Phi) is 5.17. The van der Waals surface area contributed by atoms with E-state index in [9.17, 15) is 18.5 Å². The van der Waals surface area contributed by atoms with Crippen LogP contribution in [-0.2, 0) is 15.6 Å². The van der Waals surface area contributed by atoms with Gasteiger partial charge < -0.3 is 5.32 Å². The van der Waals surface area contributed by atoms with Crippen LogP contribution in [0.2, 0.25) is 0 Å². The Morgan fingerprint density at radius 2 is 2.10 bits per heavy atom. The Hall–Kier alpha value is -1.19. The topological polar surface area (TPSA) is 89.3 Å². The lowest BCUT2D eigenvalue weighted by atomic mass is 10.2. The van der Waals surface area contributed by atoms with Crippen molar-refractivity contribution in [3.63, 3.8) is 0 Å². The van der Waals surface area contributed by atoms with E-state index >= 15 is 0 Å². The van der Waals surface area contributed by atoms with Gasteiger partial charge in [-0.25, -0.2) is 8.42 Å². The molecular formula is C12H14N2O4S3. The van der Waals surface area contributed by atoms with E-state index in [0.717, 1.165) is 5.56 Å². The zero-order valence-electron chi connectivity index (χ0n) is 11.0. The first kappa shape index (κ1) is 16.2. The fourth-order valence-electron chi connectivity index (χ4n) is 1.98. The van der Waals surface area contributed by atoms with Crippen molar-refractivity contribution in [1.29, 1.82) is 0 Å². The van der Waals surface area contributed by atoms with Crippen molar-refractivity contribution in [1.82, 2.24) is 5.32 Å². The van der Waals surface area contributed by atoms with Crippen LogP contribution in [-0.4, -0.2) is 35.2 Å². The van der Waals surface area contributed by atoms with Gasteiger partial charge in [0.05, 0.1) is 16.4 Å². The molecule has 1 aliphatic rings. The van der Waals surface area contributed by atoms with E-state index in [0.29, 0.717) is 16.5 Å². The molecule has 1 fully saturated rings. The molecule has 21 heavy (non-hydrogen) atoms. The van der Waals surface area contributed by atoms with Gasteiger partial charge >= 0.3 is 0 Å². The first-order chi connectivity index (χ1) is 9.85. The summed E-state index contributed by atoms with van der Waals surface area (Å²) in [5.74, 6) is 0.925. The molecule has 0 aromatic heterocycles. The first-order valence-electron chi connectivity index (χ1n) is 6.23. The van der Waals surface area contributed by atoms with E-state index in [1.54, 1.807) is 12.1 Å². The van der Waals surface area contributed by atoms with E-state index in [-0.39, 0.29) is 23.2 Å². The number of benzene rings is 1. The standard InChI is InChI=1S/C12H14N2O4S3/c15-14(16)11-3-1-9(2-4-11)7-20-12(19)13-10-5-6-21(17,18)8-10/h1-4,10H,5-8H2,(H,13,19)/t10-/m0/s1. The molecule has 0 unspecified atom stereocenters. The van der Waals surface area contributed by atoms with Gasteiger partial charge in [-0.15, -0.1) is 0 Å². The molecule has 2 rings (SSSR count). The molecule has 6 nitrogen and oxygen atoms in total. The Morgan fingerprint density at radius 1 is 1.43 bits per heavy atom. The molecule has 1 aromatic carbocycles. The average Bonchev–Trinajstić information content (AvgIpc) is 2.76. The molecule has 1 N–H and O–H groups in total. The Labute approximate surface area is 132 Å². The summed E-state index contributed by atoms with van der Waals surface area (Å²) >= 11 is 6.57. The maximum atomic E-state index is 11.3. The lowest BCUT2D eigenvalue weighted by Gasteiger charge is -2.12. The van der Waals surface area contributed by atoms with Crippen LogP contribution in [0, 0.1) is 10.1 Å². The highest BCUT2D eigenvalue weighted by Gasteiger charge is 2.28. The third-order valence-electron chi connectivity index (χ3n) is 3.07. The summed E-state index contributed by atoms with van der Waals surface area (Å²) in [6, 6.07) is 6.18. The minimum absolute atomic E-state index is 0.0561. The van der Waals surface area contributed by atoms with Crippen molar-refractivity contribution in [2.45, 2.75) is 18.2 Å². The van der Waals surface area contributed by atoms with Gasteiger partial charge in [0.25, 0.3) is 5.69 Å². The minimum atomic E-state index is -2.92. The fourth-order valence-corrected chi connectivity index (χ4v) is 4.74. The molecule has 0 radical (unpaired) electrons. The van der Waals surface area contributed by atoms with Crippen molar-refractivity contribution < 1.29 is 13.3 Å². The molecule has 1 aliphatic heterocycles. The monoisotopic (exact) mass is 346 g/mol. The first-order valence-corrected chi connectivity index (χ1v) is 9.44.